The third kappa shape index (κ3) is 2.86. The highest BCUT2D eigenvalue weighted by Gasteiger charge is 2.53. The summed E-state index contributed by atoms with van der Waals surface area (Å²) in [5.74, 6) is -2.13. The van der Waals surface area contributed by atoms with Crippen molar-refractivity contribution in [1.82, 2.24) is 5.32 Å². The lowest BCUT2D eigenvalue weighted by molar-refractivity contribution is -0.497. The highest BCUT2D eigenvalue weighted by atomic mass is 19.1. The van der Waals surface area contributed by atoms with Gasteiger partial charge in [0.05, 0.1) is 5.69 Å². The van der Waals surface area contributed by atoms with Crippen LogP contribution in [0.1, 0.15) is 12.8 Å². The summed E-state index contributed by atoms with van der Waals surface area (Å²) in [6.07, 6.45) is 0.903. The maximum absolute atomic E-state index is 13.7. The largest absolute Gasteiger partial charge is 0.367 e. The van der Waals surface area contributed by atoms with Crippen molar-refractivity contribution < 1.29 is 18.5 Å². The Morgan fingerprint density at radius 1 is 1.41 bits per heavy atom. The van der Waals surface area contributed by atoms with Crippen LogP contribution >= 0.6 is 0 Å². The Morgan fingerprint density at radius 2 is 2.18 bits per heavy atom. The van der Waals surface area contributed by atoms with Gasteiger partial charge in [-0.25, -0.2) is 8.78 Å². The predicted molar refractivity (Wildman–Crippen MR) is 74.0 cm³/mol. The van der Waals surface area contributed by atoms with Gasteiger partial charge in [0.1, 0.15) is 17.6 Å². The number of amides is 1. The van der Waals surface area contributed by atoms with Gasteiger partial charge in [0.2, 0.25) is 11.9 Å². The molecular formula is C14H15F2N3O3. The number of carbonyl (C=O) groups is 1. The van der Waals surface area contributed by atoms with E-state index in [1.54, 1.807) is 4.90 Å². The molecule has 0 aromatic heterocycles. The summed E-state index contributed by atoms with van der Waals surface area (Å²) in [7, 11) is 0. The third-order valence-corrected chi connectivity index (χ3v) is 4.15. The summed E-state index contributed by atoms with van der Waals surface area (Å²) in [5.41, 5.74) is 0.299. The van der Waals surface area contributed by atoms with E-state index in [-0.39, 0.29) is 18.4 Å². The monoisotopic (exact) mass is 311 g/mol. The molecule has 2 fully saturated rings. The number of benzene rings is 1. The SMILES string of the molecule is O=C(N[C@@H]1CCN(c2ccc(F)cc2F)C1)[C@H]1C[C@@H]1[N+](=O)[O-]. The fourth-order valence-electron chi connectivity index (χ4n) is 2.84. The lowest BCUT2D eigenvalue weighted by Crippen LogP contribution is -2.39. The lowest BCUT2D eigenvalue weighted by Gasteiger charge is -2.19. The van der Waals surface area contributed by atoms with E-state index in [0.29, 0.717) is 25.2 Å². The summed E-state index contributed by atoms with van der Waals surface area (Å²) in [6.45, 7) is 0.945. The maximum atomic E-state index is 13.7. The fourth-order valence-corrected chi connectivity index (χ4v) is 2.84. The van der Waals surface area contributed by atoms with Crippen molar-refractivity contribution in [1.29, 1.82) is 0 Å². The van der Waals surface area contributed by atoms with E-state index in [4.69, 9.17) is 0 Å². The molecule has 8 heteroatoms. The lowest BCUT2D eigenvalue weighted by atomic mass is 10.2. The Bertz CT molecular complexity index is 625. The van der Waals surface area contributed by atoms with Gasteiger partial charge < -0.3 is 10.2 Å². The molecule has 1 saturated heterocycles. The average molecular weight is 311 g/mol. The normalized spacial score (nSPS) is 26.8. The van der Waals surface area contributed by atoms with Gasteiger partial charge in [0, 0.05) is 36.5 Å². The topological polar surface area (TPSA) is 75.5 Å². The number of hydrogen-bond donors (Lipinski definition) is 1. The van der Waals surface area contributed by atoms with E-state index in [2.05, 4.69) is 5.32 Å². The predicted octanol–water partition coefficient (Wildman–Crippen LogP) is 1.32. The summed E-state index contributed by atoms with van der Waals surface area (Å²) < 4.78 is 26.6. The van der Waals surface area contributed by atoms with Gasteiger partial charge in [0.25, 0.3) is 0 Å². The molecule has 0 spiro atoms. The third-order valence-electron chi connectivity index (χ3n) is 4.15. The van der Waals surface area contributed by atoms with Crippen LogP contribution in [0.2, 0.25) is 0 Å². The van der Waals surface area contributed by atoms with Gasteiger partial charge >= 0.3 is 0 Å². The van der Waals surface area contributed by atoms with Crippen LogP contribution in [0.15, 0.2) is 18.2 Å². The summed E-state index contributed by atoms with van der Waals surface area (Å²) in [5, 5.41) is 13.3. The smallest absolute Gasteiger partial charge is 0.230 e. The Labute approximate surface area is 125 Å². The molecule has 1 aliphatic heterocycles. The molecule has 3 atom stereocenters. The second-order valence-corrected chi connectivity index (χ2v) is 5.73. The van der Waals surface area contributed by atoms with Crippen LogP contribution in [-0.4, -0.2) is 36.0 Å². The molecule has 3 rings (SSSR count). The van der Waals surface area contributed by atoms with E-state index in [1.807, 2.05) is 0 Å². The zero-order valence-electron chi connectivity index (χ0n) is 11.7. The number of nitro groups is 1. The van der Waals surface area contributed by atoms with Crippen LogP contribution < -0.4 is 10.2 Å². The Morgan fingerprint density at radius 3 is 2.82 bits per heavy atom. The Balaban J connectivity index is 1.56. The minimum absolute atomic E-state index is 0.176. The van der Waals surface area contributed by atoms with Crippen molar-refractivity contribution >= 4 is 11.6 Å². The molecule has 1 saturated carbocycles. The van der Waals surface area contributed by atoms with Crippen molar-refractivity contribution in [2.75, 3.05) is 18.0 Å². The first-order chi connectivity index (χ1) is 10.5. The number of carbonyl (C=O) groups excluding carboxylic acids is 1. The summed E-state index contributed by atoms with van der Waals surface area (Å²) >= 11 is 0. The number of halogens is 2. The average Bonchev–Trinajstić information content (AvgIpc) is 3.14. The van der Waals surface area contributed by atoms with Crippen molar-refractivity contribution in [3.8, 4) is 0 Å². The van der Waals surface area contributed by atoms with Crippen molar-refractivity contribution in [2.24, 2.45) is 5.92 Å². The molecule has 1 aliphatic carbocycles. The number of nitrogens with one attached hydrogen (secondary N) is 1. The first-order valence-electron chi connectivity index (χ1n) is 7.09. The molecule has 1 aromatic rings. The summed E-state index contributed by atoms with van der Waals surface area (Å²) in [4.78, 5) is 23.7. The number of rotatable bonds is 4. The van der Waals surface area contributed by atoms with Crippen LogP contribution in [0.25, 0.3) is 0 Å². The van der Waals surface area contributed by atoms with Crippen LogP contribution in [0.4, 0.5) is 14.5 Å². The van der Waals surface area contributed by atoms with Gasteiger partial charge in [-0.2, -0.15) is 0 Å². The van der Waals surface area contributed by atoms with E-state index in [0.717, 1.165) is 6.07 Å². The van der Waals surface area contributed by atoms with Gasteiger partial charge in [0.15, 0.2) is 0 Å². The summed E-state index contributed by atoms with van der Waals surface area (Å²) in [6, 6.07) is 2.44. The first-order valence-corrected chi connectivity index (χ1v) is 7.09. The standard InChI is InChI=1S/C14H15F2N3O3/c15-8-1-2-12(11(16)5-8)18-4-3-9(7-18)17-14(20)10-6-13(10)19(21)22/h1-2,5,9-10,13H,3-4,6-7H2,(H,17,20)/t9-,10+,13+/m1/s1. The van der Waals surface area contributed by atoms with Crippen LogP contribution in [0, 0.1) is 27.7 Å². The number of hydrogen-bond acceptors (Lipinski definition) is 4. The minimum Gasteiger partial charge on any atom is -0.367 e. The molecule has 1 heterocycles. The number of nitrogens with zero attached hydrogens (tertiary/aromatic N) is 2. The maximum Gasteiger partial charge on any atom is 0.230 e. The van der Waals surface area contributed by atoms with E-state index in [9.17, 15) is 23.7 Å². The second-order valence-electron chi connectivity index (χ2n) is 5.73. The molecule has 2 aliphatic rings. The van der Waals surface area contributed by atoms with Crippen LogP contribution in [0.5, 0.6) is 0 Å². The quantitative estimate of drug-likeness (QED) is 0.672. The zero-order valence-corrected chi connectivity index (χ0v) is 11.7. The molecule has 1 amide bonds. The van der Waals surface area contributed by atoms with Crippen molar-refractivity contribution in [2.45, 2.75) is 24.9 Å². The molecule has 0 unspecified atom stereocenters. The van der Waals surface area contributed by atoms with Crippen molar-refractivity contribution in [3.63, 3.8) is 0 Å². The fraction of sp³-hybridized carbons (Fsp3) is 0.500. The van der Waals surface area contributed by atoms with Gasteiger partial charge in [-0.1, -0.05) is 0 Å². The Hall–Kier alpha value is -2.25. The second kappa shape index (κ2) is 5.51. The van der Waals surface area contributed by atoms with E-state index >= 15 is 0 Å². The van der Waals surface area contributed by atoms with E-state index < -0.39 is 28.5 Å². The van der Waals surface area contributed by atoms with Gasteiger partial charge in [-0.05, 0) is 18.6 Å². The van der Waals surface area contributed by atoms with E-state index in [1.165, 1.54) is 12.1 Å². The molecule has 22 heavy (non-hydrogen) atoms. The number of anilines is 1. The molecule has 6 nitrogen and oxygen atoms in total. The highest BCUT2D eigenvalue weighted by Crippen LogP contribution is 2.33. The van der Waals surface area contributed by atoms with Gasteiger partial charge in [-0.3, -0.25) is 14.9 Å². The first kappa shape index (κ1) is 14.7. The highest BCUT2D eigenvalue weighted by molar-refractivity contribution is 5.82. The molecule has 1 aromatic carbocycles. The van der Waals surface area contributed by atoms with Crippen LogP contribution in [0.3, 0.4) is 0 Å². The molecule has 1 N–H and O–H groups in total. The minimum atomic E-state index is -0.771. The molecule has 118 valence electrons. The Kier molecular flexibility index (Phi) is 3.67. The molecule has 0 bridgehead atoms. The van der Waals surface area contributed by atoms with Gasteiger partial charge in [-0.15, -0.1) is 0 Å². The van der Waals surface area contributed by atoms with Crippen LogP contribution in [-0.2, 0) is 4.79 Å². The molecule has 0 radical (unpaired) electrons. The zero-order chi connectivity index (χ0) is 15.9. The van der Waals surface area contributed by atoms with Crippen molar-refractivity contribution in [3.05, 3.63) is 39.9 Å². The molecular weight excluding hydrogens is 296 g/mol.